The predicted molar refractivity (Wildman–Crippen MR) is 72.1 cm³/mol. The van der Waals surface area contributed by atoms with Gasteiger partial charge in [0.2, 0.25) is 0 Å². The lowest BCUT2D eigenvalue weighted by molar-refractivity contribution is 0.0551. The first-order valence-corrected chi connectivity index (χ1v) is 5.60. The van der Waals surface area contributed by atoms with Gasteiger partial charge in [-0.2, -0.15) is 0 Å². The van der Waals surface area contributed by atoms with E-state index in [9.17, 15) is 9.59 Å². The minimum atomic E-state index is -0.663. The molecule has 0 aliphatic rings. The lowest BCUT2D eigenvalue weighted by Gasteiger charge is -2.09. The van der Waals surface area contributed by atoms with Crippen molar-refractivity contribution in [2.75, 3.05) is 18.5 Å². The van der Waals surface area contributed by atoms with E-state index in [0.717, 1.165) is 0 Å². The summed E-state index contributed by atoms with van der Waals surface area (Å²) in [6.45, 7) is 7.08. The SMILES string of the molecule is C=CCOC(=O)Nc1ccccc1C(=O)OCC=C. The van der Waals surface area contributed by atoms with E-state index in [4.69, 9.17) is 9.47 Å². The van der Waals surface area contributed by atoms with Gasteiger partial charge in [-0.25, -0.2) is 9.59 Å². The lowest BCUT2D eigenvalue weighted by Crippen LogP contribution is -2.17. The standard InChI is InChI=1S/C14H15NO4/c1-3-9-18-13(16)11-7-5-6-8-12(11)15-14(17)19-10-4-2/h3-8H,1-2,9-10H2,(H,15,17). The number of rotatable bonds is 6. The van der Waals surface area contributed by atoms with Crippen LogP contribution in [0.4, 0.5) is 10.5 Å². The summed E-state index contributed by atoms with van der Waals surface area (Å²) in [4.78, 5) is 23.2. The van der Waals surface area contributed by atoms with Crippen LogP contribution in [0.15, 0.2) is 49.6 Å². The van der Waals surface area contributed by atoms with Gasteiger partial charge in [-0.15, -0.1) is 0 Å². The Morgan fingerprint density at radius 3 is 2.42 bits per heavy atom. The lowest BCUT2D eigenvalue weighted by atomic mass is 10.2. The largest absolute Gasteiger partial charge is 0.458 e. The molecule has 1 aromatic rings. The average Bonchev–Trinajstić information content (AvgIpc) is 2.43. The van der Waals surface area contributed by atoms with Gasteiger partial charge >= 0.3 is 12.1 Å². The molecule has 5 heteroatoms. The summed E-state index contributed by atoms with van der Waals surface area (Å²) >= 11 is 0. The molecule has 0 unspecified atom stereocenters. The van der Waals surface area contributed by atoms with Crippen LogP contribution in [0, 0.1) is 0 Å². The monoisotopic (exact) mass is 261 g/mol. The van der Waals surface area contributed by atoms with Crippen molar-refractivity contribution in [1.82, 2.24) is 0 Å². The predicted octanol–water partition coefficient (Wildman–Crippen LogP) is 2.76. The zero-order valence-corrected chi connectivity index (χ0v) is 10.4. The van der Waals surface area contributed by atoms with Crippen molar-refractivity contribution in [3.63, 3.8) is 0 Å². The van der Waals surface area contributed by atoms with Crippen molar-refractivity contribution in [2.45, 2.75) is 0 Å². The van der Waals surface area contributed by atoms with Gasteiger partial charge in [0, 0.05) is 0 Å². The van der Waals surface area contributed by atoms with Gasteiger partial charge in [0.15, 0.2) is 0 Å². The van der Waals surface area contributed by atoms with Gasteiger partial charge in [0.05, 0.1) is 11.3 Å². The average molecular weight is 261 g/mol. The third kappa shape index (κ3) is 4.67. The number of carbonyl (C=O) groups is 2. The number of hydrogen-bond donors (Lipinski definition) is 1. The molecule has 0 saturated carbocycles. The number of carbonyl (C=O) groups excluding carboxylic acids is 2. The van der Waals surface area contributed by atoms with Crippen LogP contribution < -0.4 is 5.32 Å². The molecule has 1 aromatic carbocycles. The highest BCUT2D eigenvalue weighted by molar-refractivity contribution is 5.99. The summed E-state index contributed by atoms with van der Waals surface area (Å²) in [5, 5.41) is 2.47. The number of nitrogens with one attached hydrogen (secondary N) is 1. The molecule has 0 spiro atoms. The molecule has 0 saturated heterocycles. The summed E-state index contributed by atoms with van der Waals surface area (Å²) in [7, 11) is 0. The first-order chi connectivity index (χ1) is 9.19. The molecule has 1 rings (SSSR count). The Morgan fingerprint density at radius 1 is 1.11 bits per heavy atom. The molecule has 0 atom stereocenters. The summed E-state index contributed by atoms with van der Waals surface area (Å²) < 4.78 is 9.69. The summed E-state index contributed by atoms with van der Waals surface area (Å²) in [5.74, 6) is -0.542. The molecule has 0 bridgehead atoms. The Balaban J connectivity index is 2.77. The van der Waals surface area contributed by atoms with E-state index in [2.05, 4.69) is 18.5 Å². The number of benzene rings is 1. The molecule has 1 N–H and O–H groups in total. The molecule has 100 valence electrons. The maximum atomic E-state index is 11.7. The third-order valence-corrected chi connectivity index (χ3v) is 2.05. The summed E-state index contributed by atoms with van der Waals surface area (Å²) in [6.07, 6.45) is 2.25. The van der Waals surface area contributed by atoms with Crippen LogP contribution in [0.1, 0.15) is 10.4 Å². The Kier molecular flexibility index (Phi) is 5.88. The normalized spacial score (nSPS) is 9.26. The van der Waals surface area contributed by atoms with Crippen molar-refractivity contribution >= 4 is 17.7 Å². The number of ether oxygens (including phenoxy) is 2. The molecule has 0 aliphatic carbocycles. The highest BCUT2D eigenvalue weighted by Gasteiger charge is 2.14. The molecule has 0 heterocycles. The van der Waals surface area contributed by atoms with Gasteiger partial charge in [-0.3, -0.25) is 5.32 Å². The second kappa shape index (κ2) is 7.71. The maximum absolute atomic E-state index is 11.7. The Morgan fingerprint density at radius 2 is 1.74 bits per heavy atom. The van der Waals surface area contributed by atoms with E-state index in [1.165, 1.54) is 12.2 Å². The smallest absolute Gasteiger partial charge is 0.411 e. The van der Waals surface area contributed by atoms with Crippen molar-refractivity contribution in [2.24, 2.45) is 0 Å². The highest BCUT2D eigenvalue weighted by atomic mass is 16.5. The van der Waals surface area contributed by atoms with E-state index in [1.807, 2.05) is 0 Å². The zero-order chi connectivity index (χ0) is 14.1. The van der Waals surface area contributed by atoms with Crippen molar-refractivity contribution in [1.29, 1.82) is 0 Å². The third-order valence-electron chi connectivity index (χ3n) is 2.05. The van der Waals surface area contributed by atoms with Crippen LogP contribution in [-0.2, 0) is 9.47 Å². The topological polar surface area (TPSA) is 64.6 Å². The number of esters is 1. The van der Waals surface area contributed by atoms with Crippen LogP contribution in [0.2, 0.25) is 0 Å². The number of para-hydroxylation sites is 1. The molecule has 0 aliphatic heterocycles. The quantitative estimate of drug-likeness (QED) is 0.631. The van der Waals surface area contributed by atoms with Crippen LogP contribution >= 0.6 is 0 Å². The molecule has 0 radical (unpaired) electrons. The van der Waals surface area contributed by atoms with E-state index in [1.54, 1.807) is 24.3 Å². The molecule has 5 nitrogen and oxygen atoms in total. The highest BCUT2D eigenvalue weighted by Crippen LogP contribution is 2.16. The fraction of sp³-hybridized carbons (Fsp3) is 0.143. The number of hydrogen-bond acceptors (Lipinski definition) is 4. The molecule has 0 aromatic heterocycles. The van der Waals surface area contributed by atoms with Gasteiger partial charge in [0.1, 0.15) is 13.2 Å². The van der Waals surface area contributed by atoms with Gasteiger partial charge in [-0.1, -0.05) is 37.4 Å². The fourth-order valence-corrected chi connectivity index (χ4v) is 1.26. The molecule has 1 amide bonds. The van der Waals surface area contributed by atoms with Gasteiger partial charge < -0.3 is 9.47 Å². The Hall–Kier alpha value is -2.56. The van der Waals surface area contributed by atoms with E-state index in [-0.39, 0.29) is 18.8 Å². The van der Waals surface area contributed by atoms with E-state index >= 15 is 0 Å². The van der Waals surface area contributed by atoms with E-state index < -0.39 is 12.1 Å². The molecular weight excluding hydrogens is 246 g/mol. The van der Waals surface area contributed by atoms with Crippen molar-refractivity contribution in [3.8, 4) is 0 Å². The van der Waals surface area contributed by atoms with Crippen molar-refractivity contribution < 1.29 is 19.1 Å². The number of amides is 1. The second-order valence-electron chi connectivity index (χ2n) is 3.44. The number of anilines is 1. The second-order valence-corrected chi connectivity index (χ2v) is 3.44. The van der Waals surface area contributed by atoms with Crippen LogP contribution in [0.25, 0.3) is 0 Å². The Labute approximate surface area is 111 Å². The first-order valence-electron chi connectivity index (χ1n) is 5.60. The van der Waals surface area contributed by atoms with Gasteiger partial charge in [-0.05, 0) is 12.1 Å². The first kappa shape index (κ1) is 14.5. The minimum Gasteiger partial charge on any atom is -0.458 e. The molecular formula is C14H15NO4. The minimum absolute atomic E-state index is 0.0922. The summed E-state index contributed by atoms with van der Waals surface area (Å²) in [5.41, 5.74) is 0.575. The molecule has 0 fully saturated rings. The fourth-order valence-electron chi connectivity index (χ4n) is 1.26. The zero-order valence-electron chi connectivity index (χ0n) is 10.4. The Bertz CT molecular complexity index is 482. The molecule has 19 heavy (non-hydrogen) atoms. The summed E-state index contributed by atoms with van der Waals surface area (Å²) in [6, 6.07) is 6.49. The maximum Gasteiger partial charge on any atom is 0.411 e. The van der Waals surface area contributed by atoms with Crippen LogP contribution in [0.3, 0.4) is 0 Å². The van der Waals surface area contributed by atoms with Crippen LogP contribution in [-0.4, -0.2) is 25.3 Å². The van der Waals surface area contributed by atoms with Gasteiger partial charge in [0.25, 0.3) is 0 Å². The van der Waals surface area contributed by atoms with Crippen molar-refractivity contribution in [3.05, 3.63) is 55.1 Å². The van der Waals surface area contributed by atoms with E-state index in [0.29, 0.717) is 5.69 Å². The van der Waals surface area contributed by atoms with Crippen LogP contribution in [0.5, 0.6) is 0 Å².